The predicted molar refractivity (Wildman–Crippen MR) is 90.0 cm³/mol. The number of hydrogen-bond acceptors (Lipinski definition) is 4. The third kappa shape index (κ3) is 3.14. The van der Waals surface area contributed by atoms with Gasteiger partial charge in [-0.05, 0) is 26.0 Å². The van der Waals surface area contributed by atoms with Crippen LogP contribution < -0.4 is 5.32 Å². The summed E-state index contributed by atoms with van der Waals surface area (Å²) in [6.07, 6.45) is 0. The van der Waals surface area contributed by atoms with Crippen LogP contribution in [-0.4, -0.2) is 36.1 Å². The van der Waals surface area contributed by atoms with E-state index in [1.165, 1.54) is 5.01 Å². The maximum atomic E-state index is 6.07. The molecule has 0 unspecified atom stereocenters. The Kier molecular flexibility index (Phi) is 4.31. The van der Waals surface area contributed by atoms with Gasteiger partial charge in [0.2, 0.25) is 0 Å². The molecule has 0 saturated carbocycles. The zero-order chi connectivity index (χ0) is 14.9. The van der Waals surface area contributed by atoms with E-state index in [2.05, 4.69) is 35.5 Å². The zero-order valence-electron chi connectivity index (χ0n) is 12.4. The van der Waals surface area contributed by atoms with Crippen LogP contribution in [0.1, 0.15) is 18.9 Å². The van der Waals surface area contributed by atoms with Crippen molar-refractivity contribution in [2.24, 2.45) is 0 Å². The maximum Gasteiger partial charge on any atom is 0.113 e. The molecule has 1 fully saturated rings. The van der Waals surface area contributed by atoms with Crippen molar-refractivity contribution in [2.75, 3.05) is 26.2 Å². The van der Waals surface area contributed by atoms with Gasteiger partial charge in [0.1, 0.15) is 5.01 Å². The number of halogens is 1. The Bertz CT molecular complexity index is 617. The van der Waals surface area contributed by atoms with E-state index >= 15 is 0 Å². The van der Waals surface area contributed by atoms with E-state index in [-0.39, 0.29) is 5.54 Å². The summed E-state index contributed by atoms with van der Waals surface area (Å²) < 4.78 is 0. The molecular formula is C16H20ClN3S. The molecular weight excluding hydrogens is 302 g/mol. The lowest BCUT2D eigenvalue weighted by atomic mass is 10.0. The van der Waals surface area contributed by atoms with Gasteiger partial charge in [-0.15, -0.1) is 11.3 Å². The molecule has 0 atom stereocenters. The third-order valence-electron chi connectivity index (χ3n) is 4.06. The highest BCUT2D eigenvalue weighted by molar-refractivity contribution is 7.10. The molecule has 2 aromatic rings. The van der Waals surface area contributed by atoms with Crippen molar-refractivity contribution in [2.45, 2.75) is 19.4 Å². The minimum Gasteiger partial charge on any atom is -0.314 e. The molecule has 1 saturated heterocycles. The maximum absolute atomic E-state index is 6.07. The van der Waals surface area contributed by atoms with Crippen molar-refractivity contribution in [3.8, 4) is 11.3 Å². The van der Waals surface area contributed by atoms with Gasteiger partial charge in [-0.2, -0.15) is 0 Å². The summed E-state index contributed by atoms with van der Waals surface area (Å²) in [4.78, 5) is 7.37. The monoisotopic (exact) mass is 321 g/mol. The Morgan fingerprint density at radius 2 is 2.05 bits per heavy atom. The first kappa shape index (κ1) is 15.0. The lowest BCUT2D eigenvalue weighted by Crippen LogP contribution is -2.51. The molecule has 1 aliphatic heterocycles. The van der Waals surface area contributed by atoms with E-state index in [0.717, 1.165) is 42.5 Å². The lowest BCUT2D eigenvalue weighted by molar-refractivity contribution is 0.102. The topological polar surface area (TPSA) is 28.2 Å². The lowest BCUT2D eigenvalue weighted by Gasteiger charge is -2.39. The average Bonchev–Trinajstić information content (AvgIpc) is 2.99. The second kappa shape index (κ2) is 6.05. The Balaban J connectivity index is 1.86. The van der Waals surface area contributed by atoms with Crippen LogP contribution in [-0.2, 0) is 5.54 Å². The molecule has 1 aromatic heterocycles. The fourth-order valence-electron chi connectivity index (χ4n) is 2.69. The fourth-order valence-corrected chi connectivity index (χ4v) is 3.87. The van der Waals surface area contributed by atoms with Crippen LogP contribution in [0.4, 0.5) is 0 Å². The molecule has 21 heavy (non-hydrogen) atoms. The van der Waals surface area contributed by atoms with E-state index in [4.69, 9.17) is 16.6 Å². The highest BCUT2D eigenvalue weighted by Gasteiger charge is 2.32. The summed E-state index contributed by atoms with van der Waals surface area (Å²) in [5, 5.41) is 7.45. The van der Waals surface area contributed by atoms with Crippen molar-refractivity contribution >= 4 is 22.9 Å². The number of aromatic nitrogens is 1. The normalized spacial score (nSPS) is 17.1. The molecule has 0 amide bonds. The first-order chi connectivity index (χ1) is 10.1. The Labute approximate surface area is 135 Å². The van der Waals surface area contributed by atoms with Gasteiger partial charge in [0, 0.05) is 42.1 Å². The Morgan fingerprint density at radius 3 is 2.76 bits per heavy atom. The van der Waals surface area contributed by atoms with E-state index in [9.17, 15) is 0 Å². The molecule has 2 heterocycles. The first-order valence-corrected chi connectivity index (χ1v) is 8.51. The standard InChI is InChI=1S/C16H20ClN3S/c1-16(2,20-8-6-18-7-9-20)15-19-14(11-21-15)12-4-3-5-13(17)10-12/h3-5,10-11,18H,6-9H2,1-2H3. The quantitative estimate of drug-likeness (QED) is 0.936. The van der Waals surface area contributed by atoms with Crippen LogP contribution in [0.2, 0.25) is 5.02 Å². The molecule has 0 bridgehead atoms. The molecule has 112 valence electrons. The van der Waals surface area contributed by atoms with Crippen LogP contribution in [0.3, 0.4) is 0 Å². The number of nitrogens with one attached hydrogen (secondary N) is 1. The van der Waals surface area contributed by atoms with Crippen LogP contribution in [0, 0.1) is 0 Å². The van der Waals surface area contributed by atoms with Crippen molar-refractivity contribution in [1.82, 2.24) is 15.2 Å². The summed E-state index contributed by atoms with van der Waals surface area (Å²) in [6, 6.07) is 7.89. The van der Waals surface area contributed by atoms with E-state index in [0.29, 0.717) is 0 Å². The molecule has 0 radical (unpaired) electrons. The van der Waals surface area contributed by atoms with E-state index in [1.807, 2.05) is 18.2 Å². The molecule has 1 N–H and O–H groups in total. The number of nitrogens with zero attached hydrogens (tertiary/aromatic N) is 2. The highest BCUT2D eigenvalue weighted by Crippen LogP contribution is 2.33. The van der Waals surface area contributed by atoms with Crippen LogP contribution >= 0.6 is 22.9 Å². The SMILES string of the molecule is CC(C)(c1nc(-c2cccc(Cl)c2)cs1)N1CCNCC1. The third-order valence-corrected chi connectivity index (χ3v) is 5.45. The number of benzene rings is 1. The molecule has 1 aliphatic rings. The Morgan fingerprint density at radius 1 is 1.29 bits per heavy atom. The molecule has 3 rings (SSSR count). The fraction of sp³-hybridized carbons (Fsp3) is 0.438. The molecule has 0 aliphatic carbocycles. The smallest absolute Gasteiger partial charge is 0.113 e. The molecule has 5 heteroatoms. The van der Waals surface area contributed by atoms with Gasteiger partial charge >= 0.3 is 0 Å². The van der Waals surface area contributed by atoms with Crippen molar-refractivity contribution < 1.29 is 0 Å². The molecule has 1 aromatic carbocycles. The van der Waals surface area contributed by atoms with E-state index in [1.54, 1.807) is 11.3 Å². The van der Waals surface area contributed by atoms with Gasteiger partial charge in [-0.25, -0.2) is 4.98 Å². The second-order valence-corrected chi connectivity index (χ2v) is 7.14. The Hall–Kier alpha value is -0.940. The van der Waals surface area contributed by atoms with Crippen molar-refractivity contribution in [3.63, 3.8) is 0 Å². The van der Waals surface area contributed by atoms with E-state index < -0.39 is 0 Å². The average molecular weight is 322 g/mol. The van der Waals surface area contributed by atoms with Gasteiger partial charge in [-0.3, -0.25) is 4.90 Å². The zero-order valence-corrected chi connectivity index (χ0v) is 14.0. The highest BCUT2D eigenvalue weighted by atomic mass is 35.5. The number of piperazine rings is 1. The largest absolute Gasteiger partial charge is 0.314 e. The van der Waals surface area contributed by atoms with Crippen LogP contribution in [0.15, 0.2) is 29.6 Å². The van der Waals surface area contributed by atoms with Gasteiger partial charge in [0.25, 0.3) is 0 Å². The van der Waals surface area contributed by atoms with Crippen molar-refractivity contribution in [3.05, 3.63) is 39.7 Å². The van der Waals surface area contributed by atoms with Crippen LogP contribution in [0.5, 0.6) is 0 Å². The predicted octanol–water partition coefficient (Wildman–Crippen LogP) is 3.60. The second-order valence-electron chi connectivity index (χ2n) is 5.84. The summed E-state index contributed by atoms with van der Waals surface area (Å²) in [5.74, 6) is 0. The first-order valence-electron chi connectivity index (χ1n) is 7.25. The van der Waals surface area contributed by atoms with Crippen LogP contribution in [0.25, 0.3) is 11.3 Å². The number of rotatable bonds is 3. The van der Waals surface area contributed by atoms with Gasteiger partial charge < -0.3 is 5.32 Å². The van der Waals surface area contributed by atoms with Gasteiger partial charge in [0.05, 0.1) is 11.2 Å². The van der Waals surface area contributed by atoms with Crippen molar-refractivity contribution in [1.29, 1.82) is 0 Å². The summed E-state index contributed by atoms with van der Waals surface area (Å²) in [6.45, 7) is 8.77. The number of thiazole rings is 1. The summed E-state index contributed by atoms with van der Waals surface area (Å²) in [5.41, 5.74) is 2.07. The summed E-state index contributed by atoms with van der Waals surface area (Å²) in [7, 11) is 0. The van der Waals surface area contributed by atoms with Gasteiger partial charge in [-0.1, -0.05) is 23.7 Å². The summed E-state index contributed by atoms with van der Waals surface area (Å²) >= 11 is 7.81. The van der Waals surface area contributed by atoms with Gasteiger partial charge in [0.15, 0.2) is 0 Å². The minimum atomic E-state index is -0.0242. The number of hydrogen-bond donors (Lipinski definition) is 1. The molecule has 0 spiro atoms. The molecule has 3 nitrogen and oxygen atoms in total. The minimum absolute atomic E-state index is 0.0242.